The predicted octanol–water partition coefficient (Wildman–Crippen LogP) is 1.15. The highest BCUT2D eigenvalue weighted by Crippen LogP contribution is 2.28. The summed E-state index contributed by atoms with van der Waals surface area (Å²) in [6.45, 7) is 0. The average molecular weight is 237 g/mol. The number of carboxylic acid groups (broad SMARTS) is 1. The van der Waals surface area contributed by atoms with E-state index < -0.39 is 5.97 Å². The number of hydrogen-bond acceptors (Lipinski definition) is 5. The molecule has 1 fully saturated rings. The van der Waals surface area contributed by atoms with Crippen LogP contribution in [0, 0.1) is 5.92 Å². The number of aromatic nitrogens is 2. The van der Waals surface area contributed by atoms with Crippen LogP contribution in [-0.4, -0.2) is 34.2 Å². The molecule has 0 aromatic carbocycles. The van der Waals surface area contributed by atoms with Crippen molar-refractivity contribution in [3.63, 3.8) is 0 Å². The molecule has 1 heterocycles. The molecular weight excluding hydrogens is 222 g/mol. The predicted molar refractivity (Wildman–Crippen MR) is 61.0 cm³/mol. The Morgan fingerprint density at radius 2 is 2.35 bits per heavy atom. The number of nitrogens with zero attached hydrogens (tertiary/aromatic N) is 2. The van der Waals surface area contributed by atoms with Crippen molar-refractivity contribution in [1.82, 2.24) is 9.97 Å². The van der Waals surface area contributed by atoms with E-state index in [0.717, 1.165) is 12.8 Å². The van der Waals surface area contributed by atoms with Gasteiger partial charge in [0.1, 0.15) is 12.1 Å². The molecular formula is C11H15N3O3. The van der Waals surface area contributed by atoms with Crippen molar-refractivity contribution in [3.05, 3.63) is 12.4 Å². The molecule has 1 aliphatic carbocycles. The fourth-order valence-corrected chi connectivity index (χ4v) is 2.08. The summed E-state index contributed by atoms with van der Waals surface area (Å²) in [4.78, 5) is 18.8. The van der Waals surface area contributed by atoms with E-state index in [4.69, 9.17) is 9.84 Å². The number of nitrogens with one attached hydrogen (secondary N) is 1. The van der Waals surface area contributed by atoms with Crippen molar-refractivity contribution in [1.29, 1.82) is 0 Å². The number of aliphatic carboxylic acids is 1. The van der Waals surface area contributed by atoms with Gasteiger partial charge in [-0.05, 0) is 19.3 Å². The largest absolute Gasteiger partial charge is 0.481 e. The van der Waals surface area contributed by atoms with E-state index in [2.05, 4.69) is 15.3 Å². The summed E-state index contributed by atoms with van der Waals surface area (Å²) in [6, 6.07) is 1.87. The van der Waals surface area contributed by atoms with Gasteiger partial charge in [0.25, 0.3) is 0 Å². The summed E-state index contributed by atoms with van der Waals surface area (Å²) in [5.41, 5.74) is 0. The maximum Gasteiger partial charge on any atom is 0.306 e. The third kappa shape index (κ3) is 2.83. The highest BCUT2D eigenvalue weighted by atomic mass is 16.5. The van der Waals surface area contributed by atoms with Crippen LogP contribution in [0.15, 0.2) is 12.4 Å². The van der Waals surface area contributed by atoms with Crippen molar-refractivity contribution in [3.8, 4) is 5.88 Å². The van der Waals surface area contributed by atoms with Crippen molar-refractivity contribution >= 4 is 11.8 Å². The van der Waals surface area contributed by atoms with Crippen LogP contribution in [0.3, 0.4) is 0 Å². The average Bonchev–Trinajstić information content (AvgIpc) is 2.78. The van der Waals surface area contributed by atoms with Crippen molar-refractivity contribution < 1.29 is 14.6 Å². The zero-order valence-corrected chi connectivity index (χ0v) is 9.59. The third-order valence-corrected chi connectivity index (χ3v) is 2.99. The van der Waals surface area contributed by atoms with E-state index in [0.29, 0.717) is 18.1 Å². The van der Waals surface area contributed by atoms with Gasteiger partial charge in [-0.15, -0.1) is 0 Å². The molecule has 0 saturated heterocycles. The number of carbonyl (C=O) groups is 1. The summed E-state index contributed by atoms with van der Waals surface area (Å²) in [5, 5.41) is 12.1. The van der Waals surface area contributed by atoms with Crippen LogP contribution < -0.4 is 10.1 Å². The molecule has 2 rings (SSSR count). The Bertz CT molecular complexity index is 411. The van der Waals surface area contributed by atoms with E-state index in [1.54, 1.807) is 13.2 Å². The Morgan fingerprint density at radius 1 is 1.53 bits per heavy atom. The van der Waals surface area contributed by atoms with Crippen LogP contribution in [0.1, 0.15) is 19.3 Å². The zero-order valence-electron chi connectivity index (χ0n) is 9.59. The van der Waals surface area contributed by atoms with Gasteiger partial charge in [-0.1, -0.05) is 0 Å². The minimum Gasteiger partial charge on any atom is -0.481 e. The minimum atomic E-state index is -0.713. The first-order valence-corrected chi connectivity index (χ1v) is 5.54. The zero-order chi connectivity index (χ0) is 12.3. The second-order valence-corrected chi connectivity index (χ2v) is 4.14. The van der Waals surface area contributed by atoms with Gasteiger partial charge in [-0.25, -0.2) is 9.97 Å². The molecule has 0 unspecified atom stereocenters. The topological polar surface area (TPSA) is 84.3 Å². The third-order valence-electron chi connectivity index (χ3n) is 2.99. The summed E-state index contributed by atoms with van der Waals surface area (Å²) in [6.07, 6.45) is 3.63. The fraction of sp³-hybridized carbons (Fsp3) is 0.545. The van der Waals surface area contributed by atoms with Gasteiger partial charge >= 0.3 is 5.97 Å². The number of methoxy groups -OCH3 is 1. The second-order valence-electron chi connectivity index (χ2n) is 4.14. The molecule has 2 N–H and O–H groups in total. The maximum atomic E-state index is 10.8. The first-order chi connectivity index (χ1) is 8.19. The Labute approximate surface area is 99.0 Å². The standard InChI is InChI=1S/C11H15N3O3/c1-17-10-5-9(12-6-13-10)14-8-3-2-7(4-8)11(15)16/h5-8H,2-4H2,1H3,(H,15,16)(H,12,13,14)/t7-,8+/m1/s1. The van der Waals surface area contributed by atoms with Crippen LogP contribution in [0.4, 0.5) is 5.82 Å². The Kier molecular flexibility index (Phi) is 3.41. The molecule has 17 heavy (non-hydrogen) atoms. The lowest BCUT2D eigenvalue weighted by molar-refractivity contribution is -0.141. The van der Waals surface area contributed by atoms with Gasteiger partial charge in [0.15, 0.2) is 0 Å². The highest BCUT2D eigenvalue weighted by Gasteiger charge is 2.29. The summed E-state index contributed by atoms with van der Waals surface area (Å²) >= 11 is 0. The molecule has 1 aromatic rings. The maximum absolute atomic E-state index is 10.8. The molecule has 0 radical (unpaired) electrons. The summed E-state index contributed by atoms with van der Waals surface area (Å²) < 4.78 is 4.99. The van der Waals surface area contributed by atoms with E-state index in [9.17, 15) is 4.79 Å². The number of hydrogen-bond donors (Lipinski definition) is 2. The summed E-state index contributed by atoms with van der Waals surface area (Å²) in [7, 11) is 1.54. The number of anilines is 1. The lowest BCUT2D eigenvalue weighted by Crippen LogP contribution is -2.18. The quantitative estimate of drug-likeness (QED) is 0.817. The molecule has 2 atom stereocenters. The number of ether oxygens (including phenoxy) is 1. The number of rotatable bonds is 4. The van der Waals surface area contributed by atoms with Crippen LogP contribution in [0.2, 0.25) is 0 Å². The lowest BCUT2D eigenvalue weighted by atomic mass is 10.1. The molecule has 0 bridgehead atoms. The Balaban J connectivity index is 1.95. The molecule has 1 saturated carbocycles. The smallest absolute Gasteiger partial charge is 0.306 e. The monoisotopic (exact) mass is 237 g/mol. The van der Waals surface area contributed by atoms with Crippen LogP contribution in [0.5, 0.6) is 5.88 Å². The molecule has 1 aliphatic rings. The minimum absolute atomic E-state index is 0.163. The van der Waals surface area contributed by atoms with Crippen molar-refractivity contribution in [2.75, 3.05) is 12.4 Å². The van der Waals surface area contributed by atoms with E-state index in [1.807, 2.05) is 0 Å². The highest BCUT2D eigenvalue weighted by molar-refractivity contribution is 5.70. The second kappa shape index (κ2) is 4.99. The van der Waals surface area contributed by atoms with Gasteiger partial charge in [0, 0.05) is 12.1 Å². The molecule has 92 valence electrons. The van der Waals surface area contributed by atoms with Crippen LogP contribution >= 0.6 is 0 Å². The van der Waals surface area contributed by atoms with Crippen molar-refractivity contribution in [2.45, 2.75) is 25.3 Å². The Hall–Kier alpha value is -1.85. The van der Waals surface area contributed by atoms with Gasteiger partial charge in [0.05, 0.1) is 13.0 Å². The van der Waals surface area contributed by atoms with Gasteiger partial charge in [0.2, 0.25) is 5.88 Å². The normalized spacial score (nSPS) is 23.4. The molecule has 0 amide bonds. The molecule has 6 nitrogen and oxygen atoms in total. The Morgan fingerprint density at radius 3 is 3.00 bits per heavy atom. The summed E-state index contributed by atoms with van der Waals surface area (Å²) in [5.74, 6) is 0.217. The molecule has 0 spiro atoms. The molecule has 1 aromatic heterocycles. The SMILES string of the molecule is COc1cc(N[C@H]2CC[C@@H](C(=O)O)C2)ncn1. The molecule has 6 heteroatoms. The lowest BCUT2D eigenvalue weighted by Gasteiger charge is -2.13. The van der Waals surface area contributed by atoms with Crippen LogP contribution in [0.25, 0.3) is 0 Å². The van der Waals surface area contributed by atoms with Crippen molar-refractivity contribution in [2.24, 2.45) is 5.92 Å². The van der Waals surface area contributed by atoms with Gasteiger partial charge in [-0.2, -0.15) is 0 Å². The first kappa shape index (κ1) is 11.6. The van der Waals surface area contributed by atoms with E-state index in [1.165, 1.54) is 6.33 Å². The fourth-order valence-electron chi connectivity index (χ4n) is 2.08. The molecule has 0 aliphatic heterocycles. The number of carboxylic acids is 1. The van der Waals surface area contributed by atoms with Gasteiger partial charge in [-0.3, -0.25) is 4.79 Å². The van der Waals surface area contributed by atoms with Crippen LogP contribution in [-0.2, 0) is 4.79 Å². The van der Waals surface area contributed by atoms with E-state index in [-0.39, 0.29) is 12.0 Å². The first-order valence-electron chi connectivity index (χ1n) is 5.54. The van der Waals surface area contributed by atoms with E-state index >= 15 is 0 Å². The van der Waals surface area contributed by atoms with Gasteiger partial charge < -0.3 is 15.2 Å².